The number of aryl methyl sites for hydroxylation is 1. The molecule has 0 radical (unpaired) electrons. The average molecular weight is 234 g/mol. The molecule has 0 aliphatic heterocycles. The number of nitrogens with two attached hydrogens (primary N) is 1. The minimum Gasteiger partial charge on any atom is -0.329 e. The molecule has 4 nitrogen and oxygen atoms in total. The summed E-state index contributed by atoms with van der Waals surface area (Å²) in [6.07, 6.45) is 9.02. The summed E-state index contributed by atoms with van der Waals surface area (Å²) in [7, 11) is 0. The fraction of sp³-hybridized carbons (Fsp3) is 0.846. The number of nitrogens with zero attached hydrogens (tertiary/aromatic N) is 3. The topological polar surface area (TPSA) is 56.7 Å². The molecule has 1 aromatic rings. The fourth-order valence-electron chi connectivity index (χ4n) is 3.18. The molecule has 0 atom stereocenters. The Labute approximate surface area is 103 Å². The summed E-state index contributed by atoms with van der Waals surface area (Å²) in [6.45, 7) is 2.80. The van der Waals surface area contributed by atoms with Crippen LogP contribution in [0.15, 0.2) is 0 Å². The average Bonchev–Trinajstić information content (AvgIpc) is 3.08. The van der Waals surface area contributed by atoms with Gasteiger partial charge in [0.15, 0.2) is 0 Å². The molecule has 2 aliphatic carbocycles. The first-order chi connectivity index (χ1) is 8.27. The van der Waals surface area contributed by atoms with Gasteiger partial charge in [0, 0.05) is 18.0 Å². The van der Waals surface area contributed by atoms with Gasteiger partial charge in [0.2, 0.25) is 0 Å². The van der Waals surface area contributed by atoms with Gasteiger partial charge in [0.1, 0.15) is 11.6 Å². The van der Waals surface area contributed by atoms with Crippen molar-refractivity contribution in [1.29, 1.82) is 0 Å². The van der Waals surface area contributed by atoms with E-state index in [1.807, 2.05) is 0 Å². The van der Waals surface area contributed by atoms with E-state index < -0.39 is 0 Å². The molecular weight excluding hydrogens is 212 g/mol. The summed E-state index contributed by atoms with van der Waals surface area (Å²) in [5, 5.41) is 8.73. The maximum absolute atomic E-state index is 5.93. The van der Waals surface area contributed by atoms with Gasteiger partial charge < -0.3 is 10.3 Å². The van der Waals surface area contributed by atoms with E-state index in [-0.39, 0.29) is 5.41 Å². The molecule has 4 heteroatoms. The molecule has 17 heavy (non-hydrogen) atoms. The van der Waals surface area contributed by atoms with Crippen molar-refractivity contribution < 1.29 is 0 Å². The molecule has 2 N–H and O–H groups in total. The van der Waals surface area contributed by atoms with Crippen LogP contribution in [-0.2, 0) is 5.41 Å². The van der Waals surface area contributed by atoms with Gasteiger partial charge >= 0.3 is 0 Å². The molecule has 0 saturated heterocycles. The van der Waals surface area contributed by atoms with Crippen molar-refractivity contribution >= 4 is 0 Å². The van der Waals surface area contributed by atoms with Crippen molar-refractivity contribution in [2.45, 2.75) is 63.3 Å². The molecule has 0 spiro atoms. The molecule has 1 aromatic heterocycles. The lowest BCUT2D eigenvalue weighted by Gasteiger charge is -2.27. The normalized spacial score (nSPS) is 23.9. The highest BCUT2D eigenvalue weighted by Crippen LogP contribution is 2.47. The quantitative estimate of drug-likeness (QED) is 0.871. The van der Waals surface area contributed by atoms with Gasteiger partial charge in [-0.25, -0.2) is 0 Å². The predicted octanol–water partition coefficient (Wildman–Crippen LogP) is 2.08. The summed E-state index contributed by atoms with van der Waals surface area (Å²) < 4.78 is 2.40. The maximum Gasteiger partial charge on any atom is 0.140 e. The molecule has 2 aliphatic rings. The third-order valence-corrected chi connectivity index (χ3v) is 4.52. The lowest BCUT2D eigenvalue weighted by Crippen LogP contribution is -2.27. The zero-order valence-electron chi connectivity index (χ0n) is 10.7. The molecule has 2 saturated carbocycles. The van der Waals surface area contributed by atoms with Crippen LogP contribution in [0, 0.1) is 6.92 Å². The molecular formula is C13H22N4. The Morgan fingerprint density at radius 3 is 2.53 bits per heavy atom. The highest BCUT2D eigenvalue weighted by molar-refractivity contribution is 5.21. The van der Waals surface area contributed by atoms with Crippen molar-refractivity contribution in [3.63, 3.8) is 0 Å². The Morgan fingerprint density at radius 2 is 1.94 bits per heavy atom. The Morgan fingerprint density at radius 1 is 1.24 bits per heavy atom. The number of hydrogen-bond acceptors (Lipinski definition) is 3. The van der Waals surface area contributed by atoms with Crippen LogP contribution in [0.25, 0.3) is 0 Å². The smallest absolute Gasteiger partial charge is 0.140 e. The standard InChI is InChI=1S/C13H22N4/c1-10-15-16-12(13(9-14)7-8-13)17(10)11-5-3-2-4-6-11/h11H,2-9,14H2,1H3. The zero-order valence-corrected chi connectivity index (χ0v) is 10.7. The summed E-state index contributed by atoms with van der Waals surface area (Å²) in [4.78, 5) is 0. The van der Waals surface area contributed by atoms with E-state index in [1.165, 1.54) is 50.8 Å². The second-order valence-electron chi connectivity index (χ2n) is 5.72. The second kappa shape index (κ2) is 4.09. The van der Waals surface area contributed by atoms with Gasteiger partial charge in [-0.05, 0) is 32.6 Å². The first kappa shape index (κ1) is 11.2. The molecule has 2 fully saturated rings. The number of hydrogen-bond donors (Lipinski definition) is 1. The number of rotatable bonds is 3. The van der Waals surface area contributed by atoms with E-state index >= 15 is 0 Å². The lowest BCUT2D eigenvalue weighted by molar-refractivity contribution is 0.334. The first-order valence-electron chi connectivity index (χ1n) is 6.89. The largest absolute Gasteiger partial charge is 0.329 e. The van der Waals surface area contributed by atoms with Crippen molar-refractivity contribution in [1.82, 2.24) is 14.8 Å². The SMILES string of the molecule is Cc1nnc(C2(CN)CC2)n1C1CCCCC1. The maximum atomic E-state index is 5.93. The van der Waals surface area contributed by atoms with Gasteiger partial charge in [0.05, 0.1) is 0 Å². The second-order valence-corrected chi connectivity index (χ2v) is 5.72. The van der Waals surface area contributed by atoms with Crippen molar-refractivity contribution in [2.24, 2.45) is 5.73 Å². The van der Waals surface area contributed by atoms with Gasteiger partial charge in [-0.15, -0.1) is 10.2 Å². The summed E-state index contributed by atoms with van der Waals surface area (Å²) in [5.41, 5.74) is 6.09. The van der Waals surface area contributed by atoms with E-state index in [1.54, 1.807) is 0 Å². The van der Waals surface area contributed by atoms with Crippen LogP contribution in [0.3, 0.4) is 0 Å². The van der Waals surface area contributed by atoms with Crippen molar-refractivity contribution in [3.05, 3.63) is 11.6 Å². The lowest BCUT2D eigenvalue weighted by atomic mass is 9.94. The highest BCUT2D eigenvalue weighted by Gasteiger charge is 2.48. The van der Waals surface area contributed by atoms with Crippen LogP contribution in [0.1, 0.15) is 62.6 Å². The van der Waals surface area contributed by atoms with Gasteiger partial charge in [-0.1, -0.05) is 19.3 Å². The van der Waals surface area contributed by atoms with Gasteiger partial charge in [0.25, 0.3) is 0 Å². The zero-order chi connectivity index (χ0) is 11.9. The van der Waals surface area contributed by atoms with Crippen LogP contribution in [0.4, 0.5) is 0 Å². The van der Waals surface area contributed by atoms with Crippen LogP contribution < -0.4 is 5.73 Å². The molecule has 94 valence electrons. The van der Waals surface area contributed by atoms with Crippen LogP contribution in [-0.4, -0.2) is 21.3 Å². The number of aromatic nitrogens is 3. The molecule has 1 heterocycles. The minimum atomic E-state index is 0.165. The fourth-order valence-corrected chi connectivity index (χ4v) is 3.18. The summed E-state index contributed by atoms with van der Waals surface area (Å²) >= 11 is 0. The van der Waals surface area contributed by atoms with Crippen molar-refractivity contribution in [2.75, 3.05) is 6.54 Å². The molecule has 0 bridgehead atoms. The van der Waals surface area contributed by atoms with E-state index in [0.29, 0.717) is 6.04 Å². The van der Waals surface area contributed by atoms with Crippen LogP contribution >= 0.6 is 0 Å². The summed E-state index contributed by atoms with van der Waals surface area (Å²) in [5.74, 6) is 2.25. The third kappa shape index (κ3) is 1.79. The van der Waals surface area contributed by atoms with Crippen molar-refractivity contribution in [3.8, 4) is 0 Å². The molecule has 0 aromatic carbocycles. The first-order valence-corrected chi connectivity index (χ1v) is 6.89. The third-order valence-electron chi connectivity index (χ3n) is 4.52. The van der Waals surface area contributed by atoms with Gasteiger partial charge in [-0.3, -0.25) is 0 Å². The molecule has 3 rings (SSSR count). The summed E-state index contributed by atoms with van der Waals surface area (Å²) in [6, 6.07) is 0.623. The monoisotopic (exact) mass is 234 g/mol. The Kier molecular flexibility index (Phi) is 2.69. The van der Waals surface area contributed by atoms with E-state index in [2.05, 4.69) is 21.7 Å². The van der Waals surface area contributed by atoms with Crippen LogP contribution in [0.5, 0.6) is 0 Å². The molecule has 0 amide bonds. The van der Waals surface area contributed by atoms with E-state index in [9.17, 15) is 0 Å². The Balaban J connectivity index is 1.94. The Bertz CT molecular complexity index is 400. The Hall–Kier alpha value is -0.900. The minimum absolute atomic E-state index is 0.165. The predicted molar refractivity (Wildman–Crippen MR) is 66.8 cm³/mol. The highest BCUT2D eigenvalue weighted by atomic mass is 15.3. The van der Waals surface area contributed by atoms with Crippen LogP contribution in [0.2, 0.25) is 0 Å². The molecule has 0 unspecified atom stereocenters. The van der Waals surface area contributed by atoms with Gasteiger partial charge in [-0.2, -0.15) is 0 Å². The van der Waals surface area contributed by atoms with E-state index in [0.717, 1.165) is 12.4 Å². The van der Waals surface area contributed by atoms with E-state index in [4.69, 9.17) is 5.73 Å².